The van der Waals surface area contributed by atoms with E-state index in [0.29, 0.717) is 36.0 Å². The van der Waals surface area contributed by atoms with Crippen molar-refractivity contribution in [3.05, 3.63) is 54.1 Å². The molecule has 0 aromatic heterocycles. The van der Waals surface area contributed by atoms with E-state index in [1.165, 1.54) is 0 Å². The molecule has 1 aliphatic rings. The smallest absolute Gasteiger partial charge is 0.252 e. The summed E-state index contributed by atoms with van der Waals surface area (Å²) in [6.45, 7) is 0.971. The summed E-state index contributed by atoms with van der Waals surface area (Å²) in [6.07, 6.45) is -0.951. The van der Waals surface area contributed by atoms with Crippen LogP contribution in [0.15, 0.2) is 48.5 Å². The van der Waals surface area contributed by atoms with Gasteiger partial charge < -0.3 is 20.1 Å². The van der Waals surface area contributed by atoms with Crippen LogP contribution in [0, 0.1) is 0 Å². The number of rotatable bonds is 4. The summed E-state index contributed by atoms with van der Waals surface area (Å²) in [4.78, 5) is 12.4. The van der Waals surface area contributed by atoms with Gasteiger partial charge in [-0.2, -0.15) is 0 Å². The third kappa shape index (κ3) is 4.63. The minimum atomic E-state index is -1.77. The first-order chi connectivity index (χ1) is 11.9. The Morgan fingerprint density at radius 2 is 1.68 bits per heavy atom. The van der Waals surface area contributed by atoms with Gasteiger partial charge in [-0.1, -0.05) is 53.0 Å². The number of hydrogen-bond donors (Lipinski definition) is 2. The fourth-order valence-corrected chi connectivity index (χ4v) is 2.63. The highest BCUT2D eigenvalue weighted by molar-refractivity contribution is 6.68. The largest absolute Gasteiger partial charge is 0.486 e. The summed E-state index contributed by atoms with van der Waals surface area (Å²) in [5.41, 5.74) is 1.08. The molecule has 0 saturated carbocycles. The summed E-state index contributed by atoms with van der Waals surface area (Å²) >= 11 is 18.1. The number of alkyl halides is 3. The van der Waals surface area contributed by atoms with Crippen LogP contribution in [-0.4, -0.2) is 29.1 Å². The molecule has 0 unspecified atom stereocenters. The van der Waals surface area contributed by atoms with Crippen molar-refractivity contribution in [2.24, 2.45) is 0 Å². The lowest BCUT2D eigenvalue weighted by Gasteiger charge is -2.28. The lowest BCUT2D eigenvalue weighted by atomic mass is 10.2. The topological polar surface area (TPSA) is 59.6 Å². The van der Waals surface area contributed by atoms with Gasteiger partial charge in [-0.15, -0.1) is 0 Å². The molecular formula is C17H15Cl3N2O3. The van der Waals surface area contributed by atoms with Crippen molar-refractivity contribution in [1.82, 2.24) is 5.32 Å². The van der Waals surface area contributed by atoms with Crippen molar-refractivity contribution in [2.45, 2.75) is 9.96 Å². The van der Waals surface area contributed by atoms with E-state index in [4.69, 9.17) is 44.3 Å². The molecule has 0 bridgehead atoms. The number of anilines is 1. The fraction of sp³-hybridized carbons (Fsp3) is 0.235. The second-order valence-electron chi connectivity index (χ2n) is 5.32. The van der Waals surface area contributed by atoms with E-state index in [2.05, 4.69) is 10.6 Å². The molecule has 25 heavy (non-hydrogen) atoms. The standard InChI is InChI=1S/C17H15Cl3N2O3/c18-17(19,20)16(22-15(23)11-4-2-1-3-5-11)21-12-6-7-13-14(10-12)25-9-8-24-13/h1-7,10,16,21H,8-9H2,(H,22,23)/t16-/m1/s1. The molecule has 1 heterocycles. The Kier molecular flexibility index (Phi) is 5.47. The maximum absolute atomic E-state index is 12.4. The summed E-state index contributed by atoms with van der Waals surface area (Å²) < 4.78 is 9.24. The van der Waals surface area contributed by atoms with E-state index in [1.807, 2.05) is 6.07 Å². The number of carbonyl (C=O) groups is 1. The van der Waals surface area contributed by atoms with Crippen LogP contribution >= 0.6 is 34.8 Å². The third-order valence-corrected chi connectivity index (χ3v) is 4.15. The van der Waals surface area contributed by atoms with Gasteiger partial charge in [0.1, 0.15) is 19.4 Å². The molecule has 3 rings (SSSR count). The Hall–Kier alpha value is -1.82. The predicted octanol–water partition coefficient (Wildman–Crippen LogP) is 4.00. The first-order valence-corrected chi connectivity index (χ1v) is 8.66. The quantitative estimate of drug-likeness (QED) is 0.600. The van der Waals surface area contributed by atoms with Crippen LogP contribution < -0.4 is 20.1 Å². The monoisotopic (exact) mass is 400 g/mol. The molecule has 0 aliphatic carbocycles. The van der Waals surface area contributed by atoms with E-state index in [9.17, 15) is 4.79 Å². The molecule has 0 fully saturated rings. The Morgan fingerprint density at radius 1 is 1.00 bits per heavy atom. The molecule has 0 radical (unpaired) electrons. The molecular weight excluding hydrogens is 387 g/mol. The molecule has 0 spiro atoms. The number of nitrogens with one attached hydrogen (secondary N) is 2. The van der Waals surface area contributed by atoms with Crippen LogP contribution in [0.2, 0.25) is 0 Å². The Morgan fingerprint density at radius 3 is 2.36 bits per heavy atom. The van der Waals surface area contributed by atoms with Gasteiger partial charge in [0, 0.05) is 17.3 Å². The average molecular weight is 402 g/mol. The molecule has 8 heteroatoms. The first-order valence-electron chi connectivity index (χ1n) is 7.52. The van der Waals surface area contributed by atoms with Gasteiger partial charge in [-0.3, -0.25) is 4.79 Å². The molecule has 5 nitrogen and oxygen atoms in total. The van der Waals surface area contributed by atoms with Gasteiger partial charge in [-0.25, -0.2) is 0 Å². The molecule has 2 aromatic carbocycles. The lowest BCUT2D eigenvalue weighted by molar-refractivity contribution is 0.0942. The molecule has 132 valence electrons. The summed E-state index contributed by atoms with van der Waals surface area (Å²) in [5, 5.41) is 5.69. The zero-order chi connectivity index (χ0) is 17.9. The molecule has 1 atom stereocenters. The predicted molar refractivity (Wildman–Crippen MR) is 99.0 cm³/mol. The van der Waals surface area contributed by atoms with E-state index >= 15 is 0 Å². The Labute approximate surface area is 160 Å². The number of amides is 1. The first kappa shape index (κ1) is 18.0. The van der Waals surface area contributed by atoms with E-state index < -0.39 is 9.96 Å². The Bertz CT molecular complexity index is 751. The van der Waals surface area contributed by atoms with Crippen molar-refractivity contribution in [1.29, 1.82) is 0 Å². The van der Waals surface area contributed by atoms with Crippen molar-refractivity contribution >= 4 is 46.4 Å². The highest BCUT2D eigenvalue weighted by Gasteiger charge is 2.34. The second kappa shape index (κ2) is 7.60. The van der Waals surface area contributed by atoms with Crippen molar-refractivity contribution in [2.75, 3.05) is 18.5 Å². The SMILES string of the molecule is O=C(N[C@@H](Nc1ccc2c(c1)OCCO2)C(Cl)(Cl)Cl)c1ccccc1. The Balaban J connectivity index is 1.76. The number of halogens is 3. The third-order valence-electron chi connectivity index (χ3n) is 3.49. The van der Waals surface area contributed by atoms with Crippen LogP contribution in [0.25, 0.3) is 0 Å². The summed E-state index contributed by atoms with van der Waals surface area (Å²) in [6, 6.07) is 13.9. The molecule has 2 aromatic rings. The van der Waals surface area contributed by atoms with Crippen molar-refractivity contribution in [3.8, 4) is 11.5 Å². The van der Waals surface area contributed by atoms with Gasteiger partial charge >= 0.3 is 0 Å². The van der Waals surface area contributed by atoms with E-state index in [1.54, 1.807) is 42.5 Å². The van der Waals surface area contributed by atoms with Crippen LogP contribution in [0.5, 0.6) is 11.5 Å². The van der Waals surface area contributed by atoms with Crippen LogP contribution in [0.1, 0.15) is 10.4 Å². The van der Waals surface area contributed by atoms with Gasteiger partial charge in [0.2, 0.25) is 3.79 Å². The average Bonchev–Trinajstić information content (AvgIpc) is 2.61. The van der Waals surface area contributed by atoms with Crippen molar-refractivity contribution in [3.63, 3.8) is 0 Å². The highest BCUT2D eigenvalue weighted by Crippen LogP contribution is 2.35. The van der Waals surface area contributed by atoms with E-state index in [0.717, 1.165) is 0 Å². The van der Waals surface area contributed by atoms with Crippen LogP contribution in [0.4, 0.5) is 5.69 Å². The highest BCUT2D eigenvalue weighted by atomic mass is 35.6. The molecule has 0 saturated heterocycles. The number of ether oxygens (including phenoxy) is 2. The maximum Gasteiger partial charge on any atom is 0.252 e. The zero-order valence-corrected chi connectivity index (χ0v) is 15.2. The zero-order valence-electron chi connectivity index (χ0n) is 13.0. The normalized spacial score (nSPS) is 14.5. The van der Waals surface area contributed by atoms with Gasteiger partial charge in [0.15, 0.2) is 11.5 Å². The second-order valence-corrected chi connectivity index (χ2v) is 7.69. The van der Waals surface area contributed by atoms with Crippen LogP contribution in [0.3, 0.4) is 0 Å². The number of fused-ring (bicyclic) bond motifs is 1. The molecule has 1 aliphatic heterocycles. The fourth-order valence-electron chi connectivity index (χ4n) is 2.30. The maximum atomic E-state index is 12.4. The minimum absolute atomic E-state index is 0.359. The minimum Gasteiger partial charge on any atom is -0.486 e. The summed E-state index contributed by atoms with van der Waals surface area (Å²) in [7, 11) is 0. The lowest BCUT2D eigenvalue weighted by Crippen LogP contribution is -2.49. The number of carbonyl (C=O) groups excluding carboxylic acids is 1. The van der Waals surface area contributed by atoms with Gasteiger partial charge in [0.05, 0.1) is 0 Å². The molecule has 1 amide bonds. The van der Waals surface area contributed by atoms with Gasteiger partial charge in [-0.05, 0) is 24.3 Å². The van der Waals surface area contributed by atoms with Crippen molar-refractivity contribution < 1.29 is 14.3 Å². The summed E-state index contributed by atoms with van der Waals surface area (Å²) in [5.74, 6) is 0.881. The van der Waals surface area contributed by atoms with Gasteiger partial charge in [0.25, 0.3) is 5.91 Å². The number of benzene rings is 2. The van der Waals surface area contributed by atoms with Crippen LogP contribution in [-0.2, 0) is 0 Å². The van der Waals surface area contributed by atoms with E-state index in [-0.39, 0.29) is 5.91 Å². The number of hydrogen-bond acceptors (Lipinski definition) is 4. The molecule has 2 N–H and O–H groups in total.